The average Bonchev–Trinajstić information content (AvgIpc) is 2.65. The molecule has 17 heavy (non-hydrogen) atoms. The number of rotatable bonds is 5. The van der Waals surface area contributed by atoms with Crippen LogP contribution in [0, 0.1) is 5.92 Å². The summed E-state index contributed by atoms with van der Waals surface area (Å²) in [7, 11) is 0. The molecule has 2 saturated heterocycles. The zero-order valence-corrected chi connectivity index (χ0v) is 11.7. The van der Waals surface area contributed by atoms with Crippen molar-refractivity contribution in [3.05, 3.63) is 0 Å². The number of carbonyl (C=O) groups excluding carboxylic acids is 1. The Labute approximate surface area is 108 Å². The lowest BCUT2D eigenvalue weighted by Gasteiger charge is -2.28. The van der Waals surface area contributed by atoms with Gasteiger partial charge in [-0.25, -0.2) is 0 Å². The monoisotopic (exact) mass is 256 g/mol. The fourth-order valence-corrected chi connectivity index (χ4v) is 3.27. The molecule has 2 bridgehead atoms. The predicted molar refractivity (Wildman–Crippen MR) is 73.3 cm³/mol. The minimum atomic E-state index is 0.247. The molecule has 2 N–H and O–H groups in total. The summed E-state index contributed by atoms with van der Waals surface area (Å²) in [5, 5.41) is 7.19. The van der Waals surface area contributed by atoms with E-state index in [1.54, 1.807) is 11.8 Å². The minimum absolute atomic E-state index is 0.247. The Bertz CT molecular complexity index is 260. The largest absolute Gasteiger partial charge is 0.355 e. The van der Waals surface area contributed by atoms with Crippen molar-refractivity contribution in [3.63, 3.8) is 0 Å². The van der Waals surface area contributed by atoms with Crippen molar-refractivity contribution in [2.75, 3.05) is 12.8 Å². The normalized spacial score (nSPS) is 33.4. The number of amides is 1. The van der Waals surface area contributed by atoms with Gasteiger partial charge in [0, 0.05) is 30.3 Å². The third-order valence-corrected chi connectivity index (χ3v) is 5.01. The molecule has 4 atom stereocenters. The van der Waals surface area contributed by atoms with E-state index in [0.29, 0.717) is 23.3 Å². The summed E-state index contributed by atoms with van der Waals surface area (Å²) in [5.41, 5.74) is 0. The molecule has 0 saturated carbocycles. The summed E-state index contributed by atoms with van der Waals surface area (Å²) < 4.78 is 0. The first kappa shape index (κ1) is 13.2. The fourth-order valence-electron chi connectivity index (χ4n) is 3.02. The maximum atomic E-state index is 11.8. The molecule has 0 aromatic heterocycles. The lowest BCUT2D eigenvalue weighted by molar-refractivity contribution is -0.122. The third kappa shape index (κ3) is 3.88. The molecular formula is C13H24N2OS. The summed E-state index contributed by atoms with van der Waals surface area (Å²) in [4.78, 5) is 11.8. The van der Waals surface area contributed by atoms with Crippen molar-refractivity contribution in [1.29, 1.82) is 0 Å². The van der Waals surface area contributed by atoms with E-state index < -0.39 is 0 Å². The van der Waals surface area contributed by atoms with Crippen LogP contribution in [0.4, 0.5) is 0 Å². The van der Waals surface area contributed by atoms with Crippen LogP contribution in [0.15, 0.2) is 0 Å². The number of carbonyl (C=O) groups is 1. The second kappa shape index (κ2) is 6.10. The lowest BCUT2D eigenvalue weighted by atomic mass is 9.89. The number of hydrogen-bond acceptors (Lipinski definition) is 3. The van der Waals surface area contributed by atoms with E-state index in [9.17, 15) is 4.79 Å². The molecule has 2 aliphatic rings. The molecule has 1 unspecified atom stereocenters. The first-order valence-electron chi connectivity index (χ1n) is 6.73. The molecule has 2 fully saturated rings. The Morgan fingerprint density at radius 3 is 2.65 bits per heavy atom. The molecule has 0 aromatic rings. The molecule has 2 aliphatic heterocycles. The van der Waals surface area contributed by atoms with Gasteiger partial charge in [0.15, 0.2) is 0 Å². The fraction of sp³-hybridized carbons (Fsp3) is 0.923. The van der Waals surface area contributed by atoms with Gasteiger partial charge in [0.05, 0.1) is 0 Å². The zero-order chi connectivity index (χ0) is 12.3. The van der Waals surface area contributed by atoms with Gasteiger partial charge in [-0.15, -0.1) is 0 Å². The quantitative estimate of drug-likeness (QED) is 0.788. The summed E-state index contributed by atoms with van der Waals surface area (Å²) in [6, 6.07) is 1.38. The van der Waals surface area contributed by atoms with Crippen molar-refractivity contribution in [2.24, 2.45) is 5.92 Å². The van der Waals surface area contributed by atoms with E-state index >= 15 is 0 Å². The van der Waals surface area contributed by atoms with Gasteiger partial charge >= 0.3 is 0 Å². The van der Waals surface area contributed by atoms with Gasteiger partial charge in [-0.05, 0) is 37.9 Å². The lowest BCUT2D eigenvalue weighted by Crippen LogP contribution is -2.40. The SMILES string of the molecule is CS[C@@H](C)CNC(=O)CC1C[C@H]2CC[C@@H](C1)N2. The highest BCUT2D eigenvalue weighted by molar-refractivity contribution is 7.99. The molecule has 0 spiro atoms. The second-order valence-corrected chi connectivity index (χ2v) is 6.81. The van der Waals surface area contributed by atoms with Crippen molar-refractivity contribution in [3.8, 4) is 0 Å². The predicted octanol–water partition coefficient (Wildman–Crippen LogP) is 1.77. The van der Waals surface area contributed by atoms with Crippen LogP contribution in [0.1, 0.15) is 39.0 Å². The van der Waals surface area contributed by atoms with Crippen LogP contribution < -0.4 is 10.6 Å². The summed E-state index contributed by atoms with van der Waals surface area (Å²) in [6.45, 7) is 2.95. The van der Waals surface area contributed by atoms with Crippen LogP contribution in [0.5, 0.6) is 0 Å². The highest BCUT2D eigenvalue weighted by Crippen LogP contribution is 2.32. The smallest absolute Gasteiger partial charge is 0.220 e. The molecular weight excluding hydrogens is 232 g/mol. The van der Waals surface area contributed by atoms with Gasteiger partial charge in [-0.3, -0.25) is 4.79 Å². The molecule has 0 aliphatic carbocycles. The van der Waals surface area contributed by atoms with E-state index in [2.05, 4.69) is 23.8 Å². The first-order valence-corrected chi connectivity index (χ1v) is 8.01. The average molecular weight is 256 g/mol. The molecule has 98 valence electrons. The number of piperidine rings is 1. The molecule has 3 nitrogen and oxygen atoms in total. The van der Waals surface area contributed by atoms with Gasteiger partial charge in [-0.2, -0.15) is 11.8 Å². The Morgan fingerprint density at radius 1 is 1.41 bits per heavy atom. The van der Waals surface area contributed by atoms with Gasteiger partial charge < -0.3 is 10.6 Å². The summed E-state index contributed by atoms with van der Waals surface area (Å²) in [6.07, 6.45) is 7.83. The Morgan fingerprint density at radius 2 is 2.06 bits per heavy atom. The van der Waals surface area contributed by atoms with Crippen LogP contribution in [0.2, 0.25) is 0 Å². The van der Waals surface area contributed by atoms with E-state index in [-0.39, 0.29) is 5.91 Å². The minimum Gasteiger partial charge on any atom is -0.355 e. The molecule has 2 rings (SSSR count). The van der Waals surface area contributed by atoms with Gasteiger partial charge in [0.25, 0.3) is 0 Å². The second-order valence-electron chi connectivity index (χ2n) is 5.53. The maximum absolute atomic E-state index is 11.8. The number of thioether (sulfide) groups is 1. The standard InChI is InChI=1S/C13H24N2OS/c1-9(17-2)8-14-13(16)7-10-5-11-3-4-12(6-10)15-11/h9-12,15H,3-8H2,1-2H3,(H,14,16)/t9-,10?,11-,12+/m0/s1. The van der Waals surface area contributed by atoms with Crippen molar-refractivity contribution in [2.45, 2.75) is 56.4 Å². The molecule has 1 amide bonds. The summed E-state index contributed by atoms with van der Waals surface area (Å²) in [5.74, 6) is 0.857. The highest BCUT2D eigenvalue weighted by atomic mass is 32.2. The number of fused-ring (bicyclic) bond motifs is 2. The van der Waals surface area contributed by atoms with Crippen LogP contribution in [0.3, 0.4) is 0 Å². The molecule has 0 aromatic carbocycles. The molecule has 4 heteroatoms. The van der Waals surface area contributed by atoms with Crippen molar-refractivity contribution < 1.29 is 4.79 Å². The van der Waals surface area contributed by atoms with E-state index in [0.717, 1.165) is 13.0 Å². The van der Waals surface area contributed by atoms with Crippen LogP contribution in [-0.2, 0) is 4.79 Å². The van der Waals surface area contributed by atoms with Gasteiger partial charge in [0.1, 0.15) is 0 Å². The van der Waals surface area contributed by atoms with Crippen molar-refractivity contribution in [1.82, 2.24) is 10.6 Å². The molecule has 0 radical (unpaired) electrons. The number of hydrogen-bond donors (Lipinski definition) is 2. The van der Waals surface area contributed by atoms with E-state index in [1.165, 1.54) is 25.7 Å². The Balaban J connectivity index is 1.68. The maximum Gasteiger partial charge on any atom is 0.220 e. The highest BCUT2D eigenvalue weighted by Gasteiger charge is 2.34. The van der Waals surface area contributed by atoms with Gasteiger partial charge in [0.2, 0.25) is 5.91 Å². The topological polar surface area (TPSA) is 41.1 Å². The summed E-state index contributed by atoms with van der Waals surface area (Å²) >= 11 is 1.80. The third-order valence-electron chi connectivity index (χ3n) is 4.03. The van der Waals surface area contributed by atoms with E-state index in [1.807, 2.05) is 0 Å². The Kier molecular flexibility index (Phi) is 4.74. The van der Waals surface area contributed by atoms with Crippen LogP contribution >= 0.6 is 11.8 Å². The van der Waals surface area contributed by atoms with Crippen molar-refractivity contribution >= 4 is 17.7 Å². The van der Waals surface area contributed by atoms with Gasteiger partial charge in [-0.1, -0.05) is 6.92 Å². The molecule has 2 heterocycles. The Hall–Kier alpha value is -0.220. The zero-order valence-electron chi connectivity index (χ0n) is 10.9. The number of nitrogens with one attached hydrogen (secondary N) is 2. The first-order chi connectivity index (χ1) is 8.17. The van der Waals surface area contributed by atoms with Crippen LogP contribution in [-0.4, -0.2) is 36.0 Å². The van der Waals surface area contributed by atoms with E-state index in [4.69, 9.17) is 0 Å². The van der Waals surface area contributed by atoms with Crippen LogP contribution in [0.25, 0.3) is 0 Å².